The molecule has 4 aromatic rings. The quantitative estimate of drug-likeness (QED) is 0.283. The van der Waals surface area contributed by atoms with Gasteiger partial charge in [0, 0.05) is 55.3 Å². The molecule has 202 valence electrons. The number of piperidine rings is 1. The number of benzene rings is 1. The monoisotopic (exact) mass is 525 g/mol. The molecule has 9 heteroatoms. The number of pyridine rings is 2. The number of aromatic nitrogens is 4. The SMILES string of the molecule is Cc1cccc(-c2[nH]cnc2-c2ccc3ncc(NCCN4CCC[C@@H](C(=O)OCC5CNC5)C4)cc3c2)n1. The van der Waals surface area contributed by atoms with Crippen LogP contribution in [0.4, 0.5) is 5.69 Å². The number of aryl methyl sites for hydroxylation is 1. The Hall–Kier alpha value is -3.82. The van der Waals surface area contributed by atoms with Crippen LogP contribution in [0.3, 0.4) is 0 Å². The van der Waals surface area contributed by atoms with Crippen molar-refractivity contribution in [2.75, 3.05) is 51.2 Å². The molecule has 2 aliphatic rings. The predicted octanol–water partition coefficient (Wildman–Crippen LogP) is 3.88. The molecule has 6 rings (SSSR count). The molecule has 1 aromatic carbocycles. The summed E-state index contributed by atoms with van der Waals surface area (Å²) in [4.78, 5) is 32.1. The standard InChI is InChI=1S/C30H35N7O2/c1-20-4-2-6-27(36-20)29-28(34-19-35-29)22-7-8-26-24(12-22)13-25(16-33-26)32-9-11-37-10-3-5-23(17-37)30(38)39-18-21-14-31-15-21/h2,4,6-8,12-13,16,19,21,23,31-32H,3,5,9-11,14-15,17-18H2,1H3,(H,34,35)/t23-/m1/s1. The van der Waals surface area contributed by atoms with Gasteiger partial charge in [0.1, 0.15) is 0 Å². The van der Waals surface area contributed by atoms with E-state index in [1.165, 1.54) is 0 Å². The van der Waals surface area contributed by atoms with Gasteiger partial charge >= 0.3 is 5.97 Å². The number of anilines is 1. The molecule has 0 unspecified atom stereocenters. The molecule has 0 spiro atoms. The molecule has 2 saturated heterocycles. The van der Waals surface area contributed by atoms with Crippen LogP contribution < -0.4 is 10.6 Å². The molecule has 9 nitrogen and oxygen atoms in total. The Labute approximate surface area is 228 Å². The maximum absolute atomic E-state index is 12.5. The van der Waals surface area contributed by atoms with Crippen LogP contribution in [0.5, 0.6) is 0 Å². The van der Waals surface area contributed by atoms with Crippen molar-refractivity contribution in [3.05, 3.63) is 60.7 Å². The average Bonchev–Trinajstić information content (AvgIpc) is 3.42. The zero-order valence-corrected chi connectivity index (χ0v) is 22.3. The van der Waals surface area contributed by atoms with Crippen LogP contribution in [0.15, 0.2) is 55.0 Å². The molecule has 0 radical (unpaired) electrons. The lowest BCUT2D eigenvalue weighted by molar-refractivity contribution is -0.152. The molecule has 0 bridgehead atoms. The summed E-state index contributed by atoms with van der Waals surface area (Å²) < 4.78 is 5.58. The number of carbonyl (C=O) groups excluding carboxylic acids is 1. The van der Waals surface area contributed by atoms with Crippen molar-refractivity contribution >= 4 is 22.6 Å². The highest BCUT2D eigenvalue weighted by Crippen LogP contribution is 2.30. The van der Waals surface area contributed by atoms with E-state index in [9.17, 15) is 4.79 Å². The Balaban J connectivity index is 1.08. The van der Waals surface area contributed by atoms with Crippen molar-refractivity contribution in [2.24, 2.45) is 11.8 Å². The average molecular weight is 526 g/mol. The van der Waals surface area contributed by atoms with Crippen molar-refractivity contribution in [2.45, 2.75) is 19.8 Å². The summed E-state index contributed by atoms with van der Waals surface area (Å²) in [6, 6.07) is 14.3. The Bertz CT molecular complexity index is 1450. The van der Waals surface area contributed by atoms with E-state index in [0.29, 0.717) is 12.5 Å². The zero-order chi connectivity index (χ0) is 26.6. The Morgan fingerprint density at radius 2 is 2.10 bits per heavy atom. The number of carbonyl (C=O) groups is 1. The van der Waals surface area contributed by atoms with Gasteiger partial charge in [0.25, 0.3) is 0 Å². The van der Waals surface area contributed by atoms with Gasteiger partial charge in [-0.15, -0.1) is 0 Å². The van der Waals surface area contributed by atoms with E-state index < -0.39 is 0 Å². The molecular weight excluding hydrogens is 490 g/mol. The predicted molar refractivity (Wildman–Crippen MR) is 152 cm³/mol. The maximum Gasteiger partial charge on any atom is 0.310 e. The Morgan fingerprint density at radius 1 is 1.18 bits per heavy atom. The molecule has 2 aliphatic heterocycles. The fourth-order valence-corrected chi connectivity index (χ4v) is 5.36. The lowest BCUT2D eigenvalue weighted by atomic mass is 9.98. The van der Waals surface area contributed by atoms with Crippen LogP contribution in [0.25, 0.3) is 33.5 Å². The Kier molecular flexibility index (Phi) is 7.51. The number of rotatable bonds is 9. The van der Waals surface area contributed by atoms with Crippen molar-refractivity contribution in [3.8, 4) is 22.6 Å². The van der Waals surface area contributed by atoms with Gasteiger partial charge in [0.05, 0.1) is 53.3 Å². The van der Waals surface area contributed by atoms with E-state index in [4.69, 9.17) is 4.74 Å². The number of hydrogen-bond donors (Lipinski definition) is 3. The van der Waals surface area contributed by atoms with E-state index in [0.717, 1.165) is 97.0 Å². The van der Waals surface area contributed by atoms with Gasteiger partial charge in [-0.25, -0.2) is 4.98 Å². The lowest BCUT2D eigenvalue weighted by Gasteiger charge is -2.32. The van der Waals surface area contributed by atoms with Gasteiger partial charge in [0.15, 0.2) is 0 Å². The first kappa shape index (κ1) is 25.5. The number of ether oxygens (including phenoxy) is 1. The van der Waals surface area contributed by atoms with Crippen LogP contribution in [-0.4, -0.2) is 76.7 Å². The summed E-state index contributed by atoms with van der Waals surface area (Å²) >= 11 is 0. The first-order chi connectivity index (χ1) is 19.1. The van der Waals surface area contributed by atoms with Crippen molar-refractivity contribution in [1.82, 2.24) is 30.2 Å². The molecular formula is C30H35N7O2. The molecule has 1 atom stereocenters. The molecule has 3 N–H and O–H groups in total. The van der Waals surface area contributed by atoms with E-state index in [2.05, 4.69) is 53.7 Å². The summed E-state index contributed by atoms with van der Waals surface area (Å²) in [5.74, 6) is 0.428. The second-order valence-corrected chi connectivity index (χ2v) is 10.6. The van der Waals surface area contributed by atoms with Crippen LogP contribution in [0.1, 0.15) is 18.5 Å². The summed E-state index contributed by atoms with van der Waals surface area (Å²) in [7, 11) is 0. The van der Waals surface area contributed by atoms with Crippen LogP contribution >= 0.6 is 0 Å². The number of aromatic amines is 1. The number of esters is 1. The first-order valence-electron chi connectivity index (χ1n) is 13.8. The molecule has 0 saturated carbocycles. The van der Waals surface area contributed by atoms with E-state index in [1.807, 2.05) is 37.4 Å². The largest absolute Gasteiger partial charge is 0.465 e. The van der Waals surface area contributed by atoms with Gasteiger partial charge in [-0.05, 0) is 56.6 Å². The second kappa shape index (κ2) is 11.5. The van der Waals surface area contributed by atoms with Gasteiger partial charge in [-0.1, -0.05) is 12.1 Å². The third-order valence-electron chi connectivity index (χ3n) is 7.66. The van der Waals surface area contributed by atoms with Gasteiger partial charge in [0.2, 0.25) is 0 Å². The third kappa shape index (κ3) is 5.94. The zero-order valence-electron chi connectivity index (χ0n) is 22.3. The van der Waals surface area contributed by atoms with E-state index >= 15 is 0 Å². The van der Waals surface area contributed by atoms with Crippen molar-refractivity contribution in [1.29, 1.82) is 0 Å². The molecule has 2 fully saturated rings. The molecule has 5 heterocycles. The normalized spacial score (nSPS) is 18.1. The minimum absolute atomic E-state index is 0.0190. The smallest absolute Gasteiger partial charge is 0.310 e. The minimum atomic E-state index is -0.0349. The number of hydrogen-bond acceptors (Lipinski definition) is 8. The maximum atomic E-state index is 12.5. The number of likely N-dealkylation sites (tertiary alicyclic amines) is 1. The third-order valence-corrected chi connectivity index (χ3v) is 7.66. The first-order valence-corrected chi connectivity index (χ1v) is 13.8. The van der Waals surface area contributed by atoms with E-state index in [1.54, 1.807) is 6.33 Å². The van der Waals surface area contributed by atoms with Crippen LogP contribution in [-0.2, 0) is 9.53 Å². The fraction of sp³-hybridized carbons (Fsp3) is 0.400. The van der Waals surface area contributed by atoms with Gasteiger partial charge in [-0.2, -0.15) is 0 Å². The molecule has 0 aliphatic carbocycles. The van der Waals surface area contributed by atoms with Crippen molar-refractivity contribution < 1.29 is 9.53 Å². The van der Waals surface area contributed by atoms with E-state index in [-0.39, 0.29) is 11.9 Å². The number of nitrogens with one attached hydrogen (secondary N) is 3. The van der Waals surface area contributed by atoms with Crippen LogP contribution in [0, 0.1) is 18.8 Å². The Morgan fingerprint density at radius 3 is 2.95 bits per heavy atom. The van der Waals surface area contributed by atoms with Gasteiger partial charge < -0.3 is 25.3 Å². The number of fused-ring (bicyclic) bond motifs is 1. The minimum Gasteiger partial charge on any atom is -0.465 e. The number of imidazole rings is 1. The lowest BCUT2D eigenvalue weighted by Crippen LogP contribution is -2.46. The topological polar surface area (TPSA) is 108 Å². The summed E-state index contributed by atoms with van der Waals surface area (Å²) in [5, 5.41) is 7.79. The van der Waals surface area contributed by atoms with Crippen LogP contribution in [0.2, 0.25) is 0 Å². The summed E-state index contributed by atoms with van der Waals surface area (Å²) in [6.07, 6.45) is 5.54. The molecule has 0 amide bonds. The molecule has 39 heavy (non-hydrogen) atoms. The second-order valence-electron chi connectivity index (χ2n) is 10.6. The fourth-order valence-electron chi connectivity index (χ4n) is 5.36. The summed E-state index contributed by atoms with van der Waals surface area (Å²) in [5.41, 5.74) is 6.54. The molecule has 3 aromatic heterocycles. The summed E-state index contributed by atoms with van der Waals surface area (Å²) in [6.45, 7) is 7.88. The highest BCUT2D eigenvalue weighted by Gasteiger charge is 2.28. The van der Waals surface area contributed by atoms with Gasteiger partial charge in [-0.3, -0.25) is 14.8 Å². The van der Waals surface area contributed by atoms with Crippen molar-refractivity contribution in [3.63, 3.8) is 0 Å². The highest BCUT2D eigenvalue weighted by molar-refractivity contribution is 5.88. The number of H-pyrrole nitrogens is 1. The highest BCUT2D eigenvalue weighted by atomic mass is 16.5. The number of nitrogens with zero attached hydrogens (tertiary/aromatic N) is 4.